The summed E-state index contributed by atoms with van der Waals surface area (Å²) in [6.07, 6.45) is 1.51. The van der Waals surface area contributed by atoms with Crippen molar-refractivity contribution in [1.29, 1.82) is 0 Å². The summed E-state index contributed by atoms with van der Waals surface area (Å²) < 4.78 is 40.0. The third kappa shape index (κ3) is 4.76. The molecule has 0 radical (unpaired) electrons. The van der Waals surface area contributed by atoms with Gasteiger partial charge in [-0.05, 0) is 42.0 Å². The Hall–Kier alpha value is -2.47. The van der Waals surface area contributed by atoms with Crippen molar-refractivity contribution in [3.63, 3.8) is 0 Å². The summed E-state index contributed by atoms with van der Waals surface area (Å²) in [7, 11) is 1.23. The summed E-state index contributed by atoms with van der Waals surface area (Å²) in [6.45, 7) is 0. The minimum absolute atomic E-state index is 0.0836. The lowest BCUT2D eigenvalue weighted by Gasteiger charge is -2.07. The Labute approximate surface area is 142 Å². The molecule has 0 bridgehead atoms. The van der Waals surface area contributed by atoms with Gasteiger partial charge in [0.2, 0.25) is 0 Å². The van der Waals surface area contributed by atoms with Crippen molar-refractivity contribution < 1.29 is 22.6 Å². The summed E-state index contributed by atoms with van der Waals surface area (Å²) in [5.41, 5.74) is 1.33. The van der Waals surface area contributed by atoms with Crippen molar-refractivity contribution in [3.8, 4) is 17.2 Å². The van der Waals surface area contributed by atoms with Crippen molar-refractivity contribution in [2.24, 2.45) is 0 Å². The largest absolute Gasteiger partial charge is 0.497 e. The van der Waals surface area contributed by atoms with Gasteiger partial charge in [-0.1, -0.05) is 12.1 Å². The van der Waals surface area contributed by atoms with Crippen LogP contribution in [0, 0.1) is 0 Å². The van der Waals surface area contributed by atoms with Gasteiger partial charge >= 0.3 is 0 Å². The third-order valence-electron chi connectivity index (χ3n) is 3.42. The van der Waals surface area contributed by atoms with Crippen molar-refractivity contribution in [1.82, 2.24) is 0 Å². The second-order valence-corrected chi connectivity index (χ2v) is 6.95. The normalized spacial score (nSPS) is 11.5. The zero-order chi connectivity index (χ0) is 17.6. The van der Waals surface area contributed by atoms with Crippen molar-refractivity contribution >= 4 is 15.9 Å². The zero-order valence-electron chi connectivity index (χ0n) is 13.9. The standard InChI is InChI=1S/C18H20O5S/c1-21-16-6-4-14(5-7-16)13-24(19,20)11-10-15-12-17(22-2)8-9-18(15)23-3/h4-12H,13H2,1-3H3/b11-10+. The first kappa shape index (κ1) is 17.9. The Morgan fingerprint density at radius 3 is 2.08 bits per heavy atom. The number of ether oxygens (including phenoxy) is 3. The molecule has 0 N–H and O–H groups in total. The molecule has 0 fully saturated rings. The molecule has 0 spiro atoms. The van der Waals surface area contributed by atoms with E-state index in [2.05, 4.69) is 0 Å². The highest BCUT2D eigenvalue weighted by Crippen LogP contribution is 2.25. The van der Waals surface area contributed by atoms with E-state index in [1.807, 2.05) is 0 Å². The second-order valence-electron chi connectivity index (χ2n) is 5.07. The minimum atomic E-state index is -3.41. The molecule has 0 atom stereocenters. The van der Waals surface area contributed by atoms with Crippen LogP contribution in [0.1, 0.15) is 11.1 Å². The topological polar surface area (TPSA) is 61.8 Å². The van der Waals surface area contributed by atoms with Gasteiger partial charge in [0.15, 0.2) is 9.84 Å². The quantitative estimate of drug-likeness (QED) is 0.768. The molecule has 128 valence electrons. The summed E-state index contributed by atoms with van der Waals surface area (Å²) in [5, 5.41) is 1.19. The van der Waals surface area contributed by atoms with Crippen molar-refractivity contribution in [2.75, 3.05) is 21.3 Å². The lowest BCUT2D eigenvalue weighted by Crippen LogP contribution is -2.00. The number of benzene rings is 2. The van der Waals surface area contributed by atoms with Crippen LogP contribution in [0.25, 0.3) is 6.08 Å². The van der Waals surface area contributed by atoms with Gasteiger partial charge in [-0.3, -0.25) is 0 Å². The maximum Gasteiger partial charge on any atom is 0.175 e. The summed E-state index contributed by atoms with van der Waals surface area (Å²) in [5.74, 6) is 1.81. The highest BCUT2D eigenvalue weighted by atomic mass is 32.2. The maximum atomic E-state index is 12.3. The van der Waals surface area contributed by atoms with E-state index >= 15 is 0 Å². The molecule has 2 rings (SSSR count). The van der Waals surface area contributed by atoms with Crippen molar-refractivity contribution in [3.05, 3.63) is 59.0 Å². The lowest BCUT2D eigenvalue weighted by atomic mass is 10.2. The van der Waals surface area contributed by atoms with Gasteiger partial charge in [0.1, 0.15) is 17.2 Å². The van der Waals surface area contributed by atoms with Gasteiger partial charge in [-0.2, -0.15) is 0 Å². The monoisotopic (exact) mass is 348 g/mol. The molecular formula is C18H20O5S. The lowest BCUT2D eigenvalue weighted by molar-refractivity contribution is 0.402. The Bertz CT molecular complexity index is 808. The third-order valence-corrected chi connectivity index (χ3v) is 4.71. The first-order chi connectivity index (χ1) is 11.5. The first-order valence-corrected chi connectivity index (χ1v) is 8.95. The predicted octanol–water partition coefficient (Wildman–Crippen LogP) is 3.30. The van der Waals surface area contributed by atoms with Gasteiger partial charge in [0.05, 0.1) is 27.1 Å². The molecule has 2 aromatic rings. The van der Waals surface area contributed by atoms with E-state index in [0.717, 1.165) is 0 Å². The molecule has 0 aromatic heterocycles. The highest BCUT2D eigenvalue weighted by Gasteiger charge is 2.09. The molecule has 2 aromatic carbocycles. The SMILES string of the molecule is COc1ccc(CS(=O)(=O)/C=C/c2cc(OC)ccc2OC)cc1. The van der Waals surface area contributed by atoms with Crippen LogP contribution in [0.3, 0.4) is 0 Å². The van der Waals surface area contributed by atoms with E-state index in [9.17, 15) is 8.42 Å². The van der Waals surface area contributed by atoms with Crippen LogP contribution in [0.5, 0.6) is 17.2 Å². The van der Waals surface area contributed by atoms with E-state index in [1.165, 1.54) is 18.6 Å². The molecule has 0 unspecified atom stereocenters. The Balaban J connectivity index is 2.20. The van der Waals surface area contributed by atoms with Crippen LogP contribution in [0.15, 0.2) is 47.9 Å². The molecule has 0 saturated heterocycles. The Morgan fingerprint density at radius 2 is 1.50 bits per heavy atom. The van der Waals surface area contributed by atoms with Crippen LogP contribution in [-0.2, 0) is 15.6 Å². The molecule has 0 saturated carbocycles. The molecular weight excluding hydrogens is 328 g/mol. The molecule has 24 heavy (non-hydrogen) atoms. The molecule has 0 amide bonds. The number of methoxy groups -OCH3 is 3. The van der Waals surface area contributed by atoms with Gasteiger partial charge in [-0.15, -0.1) is 0 Å². The highest BCUT2D eigenvalue weighted by molar-refractivity contribution is 7.93. The molecule has 6 heteroatoms. The molecule has 0 heterocycles. The molecule has 0 aliphatic carbocycles. The number of sulfone groups is 1. The average molecular weight is 348 g/mol. The predicted molar refractivity (Wildman–Crippen MR) is 94.2 cm³/mol. The maximum absolute atomic E-state index is 12.3. The Kier molecular flexibility index (Phi) is 5.87. The van der Waals surface area contributed by atoms with E-state index in [4.69, 9.17) is 14.2 Å². The molecule has 0 aliphatic rings. The van der Waals surface area contributed by atoms with Crippen LogP contribution in [0.4, 0.5) is 0 Å². The first-order valence-electron chi connectivity index (χ1n) is 7.23. The fourth-order valence-electron chi connectivity index (χ4n) is 2.15. The zero-order valence-corrected chi connectivity index (χ0v) is 14.7. The number of rotatable bonds is 7. The van der Waals surface area contributed by atoms with Gasteiger partial charge in [0, 0.05) is 11.0 Å². The smallest absolute Gasteiger partial charge is 0.175 e. The van der Waals surface area contributed by atoms with E-state index < -0.39 is 9.84 Å². The molecule has 0 aliphatic heterocycles. The van der Waals surface area contributed by atoms with E-state index in [-0.39, 0.29) is 5.75 Å². The molecule has 5 nitrogen and oxygen atoms in total. The average Bonchev–Trinajstić information content (AvgIpc) is 2.60. The number of hydrogen-bond donors (Lipinski definition) is 0. The summed E-state index contributed by atoms with van der Waals surface area (Å²) in [6, 6.07) is 12.1. The Morgan fingerprint density at radius 1 is 0.875 bits per heavy atom. The van der Waals surface area contributed by atoms with Crippen LogP contribution < -0.4 is 14.2 Å². The van der Waals surface area contributed by atoms with Gasteiger partial charge < -0.3 is 14.2 Å². The van der Waals surface area contributed by atoms with Crippen LogP contribution in [-0.4, -0.2) is 29.7 Å². The summed E-state index contributed by atoms with van der Waals surface area (Å²) in [4.78, 5) is 0. The second kappa shape index (κ2) is 7.88. The van der Waals surface area contributed by atoms with Gasteiger partial charge in [-0.25, -0.2) is 8.42 Å². The minimum Gasteiger partial charge on any atom is -0.497 e. The fraction of sp³-hybridized carbons (Fsp3) is 0.222. The fourth-order valence-corrected chi connectivity index (χ4v) is 3.26. The summed E-state index contributed by atoms with van der Waals surface area (Å²) >= 11 is 0. The van der Waals surface area contributed by atoms with E-state index in [1.54, 1.807) is 56.7 Å². The number of hydrogen-bond acceptors (Lipinski definition) is 5. The van der Waals surface area contributed by atoms with Crippen LogP contribution in [0.2, 0.25) is 0 Å². The van der Waals surface area contributed by atoms with E-state index in [0.29, 0.717) is 28.4 Å². The van der Waals surface area contributed by atoms with Crippen molar-refractivity contribution in [2.45, 2.75) is 5.75 Å². The van der Waals surface area contributed by atoms with Gasteiger partial charge in [0.25, 0.3) is 0 Å². The van der Waals surface area contributed by atoms with Crippen LogP contribution >= 0.6 is 0 Å².